The normalized spacial score (nSPS) is 12.7. The van der Waals surface area contributed by atoms with Crippen LogP contribution in [0.1, 0.15) is 322 Å². The third kappa shape index (κ3) is 51.7. The molecule has 0 aliphatic carbocycles. The summed E-state index contributed by atoms with van der Waals surface area (Å²) in [5.41, 5.74) is 0. The average molecular weight is 931 g/mol. The molecule has 0 saturated heterocycles. The van der Waals surface area contributed by atoms with Gasteiger partial charge in [-0.3, -0.25) is 9.59 Å². The highest BCUT2D eigenvalue weighted by Crippen LogP contribution is 2.17. The van der Waals surface area contributed by atoms with E-state index < -0.39 is 12.1 Å². The summed E-state index contributed by atoms with van der Waals surface area (Å²) >= 11 is 0. The minimum Gasteiger partial charge on any atom is -0.466 e. The summed E-state index contributed by atoms with van der Waals surface area (Å²) in [5.74, 6) is -0.0585. The molecule has 0 rings (SSSR count). The number of amides is 1. The molecule has 0 aromatic carbocycles. The van der Waals surface area contributed by atoms with Crippen molar-refractivity contribution in [2.24, 2.45) is 0 Å². The average Bonchev–Trinajstić information content (AvgIpc) is 3.32. The number of unbranched alkanes of at least 4 members (excludes halogenated alkanes) is 40. The van der Waals surface area contributed by atoms with Gasteiger partial charge in [0.2, 0.25) is 5.91 Å². The minimum absolute atomic E-state index is 0.0149. The Kier molecular flexibility index (Phi) is 54.5. The highest BCUT2D eigenvalue weighted by molar-refractivity contribution is 5.76. The summed E-state index contributed by atoms with van der Waals surface area (Å²) in [4.78, 5) is 24.6. The van der Waals surface area contributed by atoms with Crippen LogP contribution in [0.3, 0.4) is 0 Å². The number of rotatable bonds is 55. The van der Waals surface area contributed by atoms with Gasteiger partial charge in [0.1, 0.15) is 0 Å². The predicted octanol–water partition coefficient (Wildman–Crippen LogP) is 18.2. The molecular formula is C60H115NO5. The number of allylic oxidation sites excluding steroid dienone is 4. The van der Waals surface area contributed by atoms with Crippen molar-refractivity contribution >= 4 is 11.9 Å². The molecule has 6 nitrogen and oxygen atoms in total. The van der Waals surface area contributed by atoms with Crippen molar-refractivity contribution in [1.82, 2.24) is 5.32 Å². The number of nitrogens with one attached hydrogen (secondary N) is 1. The molecule has 390 valence electrons. The van der Waals surface area contributed by atoms with Gasteiger partial charge in [0.05, 0.1) is 25.4 Å². The molecule has 6 heteroatoms. The zero-order valence-corrected chi connectivity index (χ0v) is 44.4. The van der Waals surface area contributed by atoms with Crippen molar-refractivity contribution in [2.45, 2.75) is 334 Å². The molecule has 0 saturated carbocycles. The molecule has 0 bridgehead atoms. The van der Waals surface area contributed by atoms with Gasteiger partial charge in [-0.2, -0.15) is 0 Å². The lowest BCUT2D eigenvalue weighted by atomic mass is 10.0. The SMILES string of the molecule is CCCCCC/C=C\C/C=C\CCCCCCCC(=O)OCCCCCCCCCCCCCCCCC(=O)NC(CO)C(O)CCCCCCCCCCCCCCCCCCCCC. The number of aliphatic hydroxyl groups excluding tert-OH is 2. The molecule has 0 spiro atoms. The lowest BCUT2D eigenvalue weighted by Gasteiger charge is -2.22. The summed E-state index contributed by atoms with van der Waals surface area (Å²) in [7, 11) is 0. The van der Waals surface area contributed by atoms with Crippen LogP contribution >= 0.6 is 0 Å². The molecule has 0 aromatic heterocycles. The Balaban J connectivity index is 3.45. The second-order valence-electron chi connectivity index (χ2n) is 20.3. The molecule has 1 amide bonds. The standard InChI is InChI=1S/C60H115NO5/c1-3-5-7-9-11-13-15-17-19-21-22-23-24-28-32-36-40-44-48-52-58(63)57(56-62)61-59(64)53-49-45-41-37-33-29-26-27-31-35-39-43-47-51-55-66-60(65)54-50-46-42-38-34-30-25-20-18-16-14-12-10-8-6-4-2/h14,16,20,25,57-58,62-63H,3-13,15,17-19,21-24,26-56H2,1-2H3,(H,61,64)/b16-14-,25-20-. The number of carbonyl (C=O) groups is 2. The van der Waals surface area contributed by atoms with Gasteiger partial charge < -0.3 is 20.3 Å². The Bertz CT molecular complexity index is 1030. The van der Waals surface area contributed by atoms with E-state index in [0.29, 0.717) is 25.9 Å². The Morgan fingerprint density at radius 3 is 1.17 bits per heavy atom. The van der Waals surface area contributed by atoms with E-state index in [2.05, 4.69) is 43.5 Å². The van der Waals surface area contributed by atoms with Crippen LogP contribution in [0.15, 0.2) is 24.3 Å². The van der Waals surface area contributed by atoms with E-state index in [0.717, 1.165) is 57.8 Å². The zero-order valence-electron chi connectivity index (χ0n) is 44.4. The maximum atomic E-state index is 12.5. The van der Waals surface area contributed by atoms with Crippen LogP contribution in [0, 0.1) is 0 Å². The number of aliphatic hydroxyl groups is 2. The summed E-state index contributed by atoms with van der Waals surface area (Å²) in [5, 5.41) is 23.3. The van der Waals surface area contributed by atoms with Gasteiger partial charge >= 0.3 is 5.97 Å². The van der Waals surface area contributed by atoms with E-state index >= 15 is 0 Å². The van der Waals surface area contributed by atoms with Crippen LogP contribution in [0.5, 0.6) is 0 Å². The lowest BCUT2D eigenvalue weighted by molar-refractivity contribution is -0.143. The molecule has 0 radical (unpaired) electrons. The van der Waals surface area contributed by atoms with Crippen molar-refractivity contribution < 1.29 is 24.5 Å². The second kappa shape index (κ2) is 55.9. The summed E-state index contributed by atoms with van der Waals surface area (Å²) in [6.07, 6.45) is 67.3. The third-order valence-electron chi connectivity index (χ3n) is 13.8. The Hall–Kier alpha value is -1.66. The highest BCUT2D eigenvalue weighted by atomic mass is 16.5. The van der Waals surface area contributed by atoms with Gasteiger partial charge in [-0.25, -0.2) is 0 Å². The van der Waals surface area contributed by atoms with E-state index in [1.165, 1.54) is 231 Å². The maximum absolute atomic E-state index is 12.5. The van der Waals surface area contributed by atoms with E-state index in [1.54, 1.807) is 0 Å². The summed E-state index contributed by atoms with van der Waals surface area (Å²) in [6, 6.07) is -0.551. The fourth-order valence-corrected chi connectivity index (χ4v) is 9.20. The van der Waals surface area contributed by atoms with Crippen LogP contribution in [0.4, 0.5) is 0 Å². The summed E-state index contributed by atoms with van der Waals surface area (Å²) < 4.78 is 5.47. The molecule has 0 aliphatic rings. The topological polar surface area (TPSA) is 95.9 Å². The van der Waals surface area contributed by atoms with Crippen molar-refractivity contribution in [2.75, 3.05) is 13.2 Å². The third-order valence-corrected chi connectivity index (χ3v) is 13.8. The first-order chi connectivity index (χ1) is 32.5. The van der Waals surface area contributed by atoms with Gasteiger partial charge in [0.15, 0.2) is 0 Å². The molecule has 0 aromatic rings. The molecule has 66 heavy (non-hydrogen) atoms. The minimum atomic E-state index is -0.672. The number of ether oxygens (including phenoxy) is 1. The van der Waals surface area contributed by atoms with E-state index in [9.17, 15) is 19.8 Å². The van der Waals surface area contributed by atoms with E-state index in [4.69, 9.17) is 4.74 Å². The number of hydrogen-bond acceptors (Lipinski definition) is 5. The smallest absolute Gasteiger partial charge is 0.305 e. The fourth-order valence-electron chi connectivity index (χ4n) is 9.20. The number of carbonyl (C=O) groups excluding carboxylic acids is 2. The molecule has 0 aliphatic heterocycles. The van der Waals surface area contributed by atoms with Crippen molar-refractivity contribution in [3.8, 4) is 0 Å². The fraction of sp³-hybridized carbons (Fsp3) is 0.900. The van der Waals surface area contributed by atoms with Crippen LogP contribution in [0.25, 0.3) is 0 Å². The summed E-state index contributed by atoms with van der Waals surface area (Å²) in [6.45, 7) is 4.93. The van der Waals surface area contributed by atoms with Gasteiger partial charge in [-0.05, 0) is 57.8 Å². The van der Waals surface area contributed by atoms with Gasteiger partial charge in [-0.1, -0.05) is 276 Å². The zero-order chi connectivity index (χ0) is 47.9. The van der Waals surface area contributed by atoms with Crippen molar-refractivity contribution in [3.63, 3.8) is 0 Å². The Labute approximate surface area is 411 Å². The first-order valence-electron chi connectivity index (χ1n) is 29.6. The predicted molar refractivity (Wildman–Crippen MR) is 287 cm³/mol. The Morgan fingerprint density at radius 1 is 0.424 bits per heavy atom. The van der Waals surface area contributed by atoms with Gasteiger partial charge in [-0.15, -0.1) is 0 Å². The maximum Gasteiger partial charge on any atom is 0.305 e. The lowest BCUT2D eigenvalue weighted by Crippen LogP contribution is -2.45. The molecule has 2 atom stereocenters. The molecule has 0 fully saturated rings. The molecular weight excluding hydrogens is 815 g/mol. The molecule has 2 unspecified atom stereocenters. The monoisotopic (exact) mass is 930 g/mol. The number of hydrogen-bond donors (Lipinski definition) is 3. The van der Waals surface area contributed by atoms with Crippen LogP contribution in [0.2, 0.25) is 0 Å². The van der Waals surface area contributed by atoms with E-state index in [-0.39, 0.29) is 18.5 Å². The Morgan fingerprint density at radius 2 is 0.758 bits per heavy atom. The van der Waals surface area contributed by atoms with Crippen LogP contribution in [-0.2, 0) is 14.3 Å². The number of esters is 1. The van der Waals surface area contributed by atoms with Gasteiger partial charge in [0, 0.05) is 12.8 Å². The second-order valence-corrected chi connectivity index (χ2v) is 20.3. The molecule has 3 N–H and O–H groups in total. The highest BCUT2D eigenvalue weighted by Gasteiger charge is 2.20. The first-order valence-corrected chi connectivity index (χ1v) is 29.6. The van der Waals surface area contributed by atoms with Crippen molar-refractivity contribution in [1.29, 1.82) is 0 Å². The molecule has 0 heterocycles. The first kappa shape index (κ1) is 64.3. The van der Waals surface area contributed by atoms with Crippen LogP contribution in [-0.4, -0.2) is 47.4 Å². The quantitative estimate of drug-likeness (QED) is 0.0321. The van der Waals surface area contributed by atoms with E-state index in [1.807, 2.05) is 0 Å². The largest absolute Gasteiger partial charge is 0.466 e. The van der Waals surface area contributed by atoms with Crippen LogP contribution < -0.4 is 5.32 Å². The van der Waals surface area contributed by atoms with Gasteiger partial charge in [0.25, 0.3) is 0 Å². The van der Waals surface area contributed by atoms with Crippen molar-refractivity contribution in [3.05, 3.63) is 24.3 Å².